The first kappa shape index (κ1) is 21.4. The molecule has 2 atom stereocenters. The summed E-state index contributed by atoms with van der Waals surface area (Å²) in [6.07, 6.45) is 9.44. The molecule has 1 aromatic rings. The summed E-state index contributed by atoms with van der Waals surface area (Å²) in [5.41, 5.74) is 2.27. The maximum absolute atomic E-state index is 12.8. The number of nitrogens with one attached hydrogen (secondary N) is 1. The second-order valence-electron chi connectivity index (χ2n) is 9.58. The number of rotatable bonds is 8. The first-order valence-corrected chi connectivity index (χ1v) is 11.9. The third-order valence-corrected chi connectivity index (χ3v) is 7.20. The summed E-state index contributed by atoms with van der Waals surface area (Å²) in [6, 6.07) is 8.81. The maximum Gasteiger partial charge on any atom is 0.224 e. The first-order valence-electron chi connectivity index (χ1n) is 11.9. The summed E-state index contributed by atoms with van der Waals surface area (Å²) >= 11 is 0. The van der Waals surface area contributed by atoms with Gasteiger partial charge in [-0.05, 0) is 68.9 Å². The summed E-state index contributed by atoms with van der Waals surface area (Å²) < 4.78 is 0. The minimum absolute atomic E-state index is 0.100. The second kappa shape index (κ2) is 9.95. The molecule has 0 spiro atoms. The number of carbonyl (C=O) groups is 2. The smallest absolute Gasteiger partial charge is 0.224 e. The number of hydrogen-bond acceptors (Lipinski definition) is 3. The highest BCUT2D eigenvalue weighted by Gasteiger charge is 2.38. The lowest BCUT2D eigenvalue weighted by molar-refractivity contribution is -0.133. The van der Waals surface area contributed by atoms with Crippen LogP contribution in [0.3, 0.4) is 0 Å². The van der Waals surface area contributed by atoms with Crippen molar-refractivity contribution < 1.29 is 9.59 Å². The molecule has 30 heavy (non-hydrogen) atoms. The molecule has 1 aromatic carbocycles. The van der Waals surface area contributed by atoms with Gasteiger partial charge in [0, 0.05) is 44.7 Å². The van der Waals surface area contributed by atoms with Crippen LogP contribution in [-0.4, -0.2) is 59.9 Å². The topological polar surface area (TPSA) is 52.7 Å². The molecular weight excluding hydrogens is 374 g/mol. The Morgan fingerprint density at radius 3 is 2.47 bits per heavy atom. The summed E-state index contributed by atoms with van der Waals surface area (Å²) in [6.45, 7) is 5.72. The molecule has 2 amide bonds. The monoisotopic (exact) mass is 411 g/mol. The van der Waals surface area contributed by atoms with Gasteiger partial charge in [-0.15, -0.1) is 0 Å². The van der Waals surface area contributed by atoms with Gasteiger partial charge in [0.05, 0.1) is 6.42 Å². The fraction of sp³-hybridized carbons (Fsp3) is 0.680. The van der Waals surface area contributed by atoms with Gasteiger partial charge in [0.15, 0.2) is 0 Å². The van der Waals surface area contributed by atoms with E-state index in [4.69, 9.17) is 0 Å². The SMILES string of the molecule is Cc1ccccc1CC(=O)NC[C@@H]1CC[C@H](CC(=O)N2CCCCC2)N1CC1CC1. The van der Waals surface area contributed by atoms with Crippen LogP contribution in [0.2, 0.25) is 0 Å². The van der Waals surface area contributed by atoms with Crippen LogP contribution >= 0.6 is 0 Å². The molecule has 2 saturated heterocycles. The Morgan fingerprint density at radius 1 is 1.00 bits per heavy atom. The maximum atomic E-state index is 12.8. The third kappa shape index (κ3) is 5.63. The Hall–Kier alpha value is -1.88. The van der Waals surface area contributed by atoms with Crippen molar-refractivity contribution in [3.05, 3.63) is 35.4 Å². The number of benzene rings is 1. The Labute approximate surface area is 181 Å². The molecule has 5 heteroatoms. The molecule has 0 unspecified atom stereocenters. The highest BCUT2D eigenvalue weighted by Crippen LogP contribution is 2.35. The minimum atomic E-state index is 0.100. The van der Waals surface area contributed by atoms with E-state index < -0.39 is 0 Å². The van der Waals surface area contributed by atoms with Crippen molar-refractivity contribution in [1.82, 2.24) is 15.1 Å². The van der Waals surface area contributed by atoms with Crippen molar-refractivity contribution in [2.75, 3.05) is 26.2 Å². The average molecular weight is 412 g/mol. The molecule has 3 fully saturated rings. The molecule has 2 aliphatic heterocycles. The predicted molar refractivity (Wildman–Crippen MR) is 119 cm³/mol. The Balaban J connectivity index is 1.30. The summed E-state index contributed by atoms with van der Waals surface area (Å²) in [5.74, 6) is 1.23. The molecule has 1 N–H and O–H groups in total. The van der Waals surface area contributed by atoms with E-state index in [9.17, 15) is 9.59 Å². The van der Waals surface area contributed by atoms with Gasteiger partial charge in [-0.3, -0.25) is 14.5 Å². The highest BCUT2D eigenvalue weighted by atomic mass is 16.2. The van der Waals surface area contributed by atoms with Crippen LogP contribution < -0.4 is 5.32 Å². The van der Waals surface area contributed by atoms with Crippen molar-refractivity contribution >= 4 is 11.8 Å². The van der Waals surface area contributed by atoms with Gasteiger partial charge in [0.1, 0.15) is 0 Å². The van der Waals surface area contributed by atoms with Crippen LogP contribution in [0.5, 0.6) is 0 Å². The van der Waals surface area contributed by atoms with E-state index in [-0.39, 0.29) is 5.91 Å². The Kier molecular flexibility index (Phi) is 7.08. The zero-order chi connectivity index (χ0) is 20.9. The summed E-state index contributed by atoms with van der Waals surface area (Å²) in [4.78, 5) is 30.0. The minimum Gasteiger partial charge on any atom is -0.354 e. The molecule has 5 nitrogen and oxygen atoms in total. The Bertz CT molecular complexity index is 740. The van der Waals surface area contributed by atoms with Gasteiger partial charge >= 0.3 is 0 Å². The number of hydrogen-bond donors (Lipinski definition) is 1. The normalized spacial score (nSPS) is 24.8. The molecule has 1 aliphatic carbocycles. The summed E-state index contributed by atoms with van der Waals surface area (Å²) in [5, 5.41) is 3.19. The Morgan fingerprint density at radius 2 is 1.73 bits per heavy atom. The predicted octanol–water partition coefficient (Wildman–Crippen LogP) is 3.30. The number of nitrogens with zero attached hydrogens (tertiary/aromatic N) is 2. The van der Waals surface area contributed by atoms with Gasteiger partial charge < -0.3 is 10.2 Å². The standard InChI is InChI=1S/C25H37N3O2/c1-19-7-3-4-8-21(19)15-24(29)26-17-23-12-11-22(28(23)18-20-9-10-20)16-25(30)27-13-5-2-6-14-27/h3-4,7-8,20,22-23H,2,5-6,9-18H2,1H3,(H,26,29)/t22-,23+/m1/s1. The van der Waals surface area contributed by atoms with E-state index in [1.165, 1.54) is 24.8 Å². The average Bonchev–Trinajstić information content (AvgIpc) is 3.50. The number of piperidine rings is 1. The van der Waals surface area contributed by atoms with E-state index >= 15 is 0 Å². The van der Waals surface area contributed by atoms with Crippen LogP contribution in [0.4, 0.5) is 0 Å². The van der Waals surface area contributed by atoms with Crippen molar-refractivity contribution in [2.45, 2.75) is 76.8 Å². The molecule has 2 heterocycles. The molecule has 3 aliphatic rings. The summed E-state index contributed by atoms with van der Waals surface area (Å²) in [7, 11) is 0. The second-order valence-corrected chi connectivity index (χ2v) is 9.58. The van der Waals surface area contributed by atoms with Crippen LogP contribution in [0.15, 0.2) is 24.3 Å². The largest absolute Gasteiger partial charge is 0.354 e. The highest BCUT2D eigenvalue weighted by molar-refractivity contribution is 5.79. The van der Waals surface area contributed by atoms with Crippen LogP contribution in [0.25, 0.3) is 0 Å². The zero-order valence-corrected chi connectivity index (χ0v) is 18.4. The fourth-order valence-electron chi connectivity index (χ4n) is 5.10. The van der Waals surface area contributed by atoms with E-state index in [2.05, 4.69) is 28.1 Å². The van der Waals surface area contributed by atoms with E-state index in [0.717, 1.165) is 56.8 Å². The van der Waals surface area contributed by atoms with Crippen LogP contribution in [0, 0.1) is 12.8 Å². The van der Waals surface area contributed by atoms with E-state index in [0.29, 0.717) is 37.4 Å². The van der Waals surface area contributed by atoms with Crippen molar-refractivity contribution in [2.24, 2.45) is 5.92 Å². The van der Waals surface area contributed by atoms with E-state index in [1.807, 2.05) is 18.2 Å². The molecule has 1 saturated carbocycles. The van der Waals surface area contributed by atoms with Gasteiger partial charge in [-0.2, -0.15) is 0 Å². The molecular formula is C25H37N3O2. The quantitative estimate of drug-likeness (QED) is 0.714. The molecule has 0 bridgehead atoms. The first-order chi connectivity index (χ1) is 14.6. The fourth-order valence-corrected chi connectivity index (χ4v) is 5.10. The molecule has 164 valence electrons. The van der Waals surface area contributed by atoms with Crippen molar-refractivity contribution in [1.29, 1.82) is 0 Å². The van der Waals surface area contributed by atoms with E-state index in [1.54, 1.807) is 0 Å². The molecule has 0 radical (unpaired) electrons. The van der Waals surface area contributed by atoms with Crippen LogP contribution in [-0.2, 0) is 16.0 Å². The number of likely N-dealkylation sites (tertiary alicyclic amines) is 2. The number of aryl methyl sites for hydroxylation is 1. The third-order valence-electron chi connectivity index (χ3n) is 7.20. The van der Waals surface area contributed by atoms with Gasteiger partial charge in [-0.25, -0.2) is 0 Å². The van der Waals surface area contributed by atoms with Gasteiger partial charge in [0.2, 0.25) is 11.8 Å². The lowest BCUT2D eigenvalue weighted by Gasteiger charge is -2.33. The van der Waals surface area contributed by atoms with Gasteiger partial charge in [0.25, 0.3) is 0 Å². The zero-order valence-electron chi connectivity index (χ0n) is 18.4. The molecule has 0 aromatic heterocycles. The number of amides is 2. The van der Waals surface area contributed by atoms with Crippen LogP contribution in [0.1, 0.15) is 62.5 Å². The number of carbonyl (C=O) groups excluding carboxylic acids is 2. The lowest BCUT2D eigenvalue weighted by Crippen LogP contribution is -2.46. The van der Waals surface area contributed by atoms with Crippen molar-refractivity contribution in [3.63, 3.8) is 0 Å². The lowest BCUT2D eigenvalue weighted by atomic mass is 10.1. The van der Waals surface area contributed by atoms with Crippen molar-refractivity contribution in [3.8, 4) is 0 Å². The molecule has 4 rings (SSSR count). The van der Waals surface area contributed by atoms with Gasteiger partial charge in [-0.1, -0.05) is 24.3 Å².